The van der Waals surface area contributed by atoms with Crippen LogP contribution in [0.2, 0.25) is 0 Å². The summed E-state index contributed by atoms with van der Waals surface area (Å²) in [5.74, 6) is 0.818. The van der Waals surface area contributed by atoms with E-state index in [0.29, 0.717) is 24.6 Å². The number of hydrogen-bond donors (Lipinski definition) is 2. The number of aryl methyl sites for hydroxylation is 1. The molecule has 4 aromatic rings. The van der Waals surface area contributed by atoms with Crippen LogP contribution < -0.4 is 10.6 Å². The summed E-state index contributed by atoms with van der Waals surface area (Å²) in [4.78, 5) is 19.5. The van der Waals surface area contributed by atoms with Gasteiger partial charge in [0.25, 0.3) is 0 Å². The van der Waals surface area contributed by atoms with Crippen LogP contribution in [0.4, 0.5) is 5.69 Å². The van der Waals surface area contributed by atoms with E-state index in [1.807, 2.05) is 73.8 Å². The highest BCUT2D eigenvalue weighted by Gasteiger charge is 2.41. The maximum Gasteiger partial charge on any atom is 0.226 e. The second kappa shape index (κ2) is 10.1. The summed E-state index contributed by atoms with van der Waals surface area (Å²) in [6.45, 7) is 3.09. The first-order valence-electron chi connectivity index (χ1n) is 11.6. The van der Waals surface area contributed by atoms with E-state index in [4.69, 9.17) is 16.6 Å². The molecule has 8 heteroatoms. The Kier molecular flexibility index (Phi) is 6.63. The molecule has 1 aromatic carbocycles. The summed E-state index contributed by atoms with van der Waals surface area (Å²) >= 11 is 5.75. The fraction of sp³-hybridized carbons (Fsp3) is 0.222. The minimum atomic E-state index is -0.145. The standard InChI is InChI=1S/C27H27N5O2S/c1-19-7-4-8-20(17-19)29-24(33)12-15-32-26(25(30-27(32)35)22-10-2-3-13-28-22)23-11-5-14-31(23)18-21-9-6-16-34-21/h2-11,13-14,16-17,25-26H,12,15,18H2,1H3,(H,29,33)(H,30,35)/t25-,26-/m1/s1. The van der Waals surface area contributed by atoms with Gasteiger partial charge < -0.3 is 24.5 Å². The average molecular weight is 486 g/mol. The van der Waals surface area contributed by atoms with E-state index >= 15 is 0 Å². The number of aromatic nitrogens is 2. The molecule has 4 heterocycles. The number of carbonyl (C=O) groups excluding carboxylic acids is 1. The van der Waals surface area contributed by atoms with Gasteiger partial charge in [-0.25, -0.2) is 0 Å². The molecule has 0 spiro atoms. The SMILES string of the molecule is Cc1cccc(NC(=O)CCN2C(=S)N[C@H](c3ccccn3)[C@H]2c2cccn2Cc2ccco2)c1. The zero-order valence-corrected chi connectivity index (χ0v) is 20.2. The Morgan fingerprint density at radius 1 is 1.14 bits per heavy atom. The van der Waals surface area contributed by atoms with Gasteiger partial charge in [0.1, 0.15) is 5.76 Å². The van der Waals surface area contributed by atoms with Crippen LogP contribution in [-0.4, -0.2) is 32.0 Å². The van der Waals surface area contributed by atoms with Gasteiger partial charge in [-0.2, -0.15) is 0 Å². The van der Waals surface area contributed by atoms with E-state index < -0.39 is 0 Å². The largest absolute Gasteiger partial charge is 0.467 e. The molecule has 3 aromatic heterocycles. The highest BCUT2D eigenvalue weighted by molar-refractivity contribution is 7.80. The van der Waals surface area contributed by atoms with Gasteiger partial charge in [0, 0.05) is 36.7 Å². The lowest BCUT2D eigenvalue weighted by atomic mass is 10.0. The van der Waals surface area contributed by atoms with Gasteiger partial charge in [-0.15, -0.1) is 0 Å². The summed E-state index contributed by atoms with van der Waals surface area (Å²) in [7, 11) is 0. The maximum absolute atomic E-state index is 12.8. The zero-order chi connectivity index (χ0) is 24.2. The lowest BCUT2D eigenvalue weighted by Crippen LogP contribution is -2.33. The number of nitrogens with zero attached hydrogens (tertiary/aromatic N) is 3. The Balaban J connectivity index is 1.39. The molecule has 1 saturated heterocycles. The van der Waals surface area contributed by atoms with Gasteiger partial charge in [0.15, 0.2) is 5.11 Å². The van der Waals surface area contributed by atoms with Crippen molar-refractivity contribution in [3.63, 3.8) is 0 Å². The van der Waals surface area contributed by atoms with Crippen molar-refractivity contribution in [2.45, 2.75) is 32.0 Å². The van der Waals surface area contributed by atoms with Crippen LogP contribution >= 0.6 is 12.2 Å². The third kappa shape index (κ3) is 5.12. The molecule has 0 radical (unpaired) electrons. The number of benzene rings is 1. The monoisotopic (exact) mass is 485 g/mol. The van der Waals surface area contributed by atoms with Crippen molar-refractivity contribution in [2.75, 3.05) is 11.9 Å². The lowest BCUT2D eigenvalue weighted by Gasteiger charge is -2.28. The Morgan fingerprint density at radius 2 is 2.06 bits per heavy atom. The van der Waals surface area contributed by atoms with Crippen LogP contribution in [0.5, 0.6) is 0 Å². The highest BCUT2D eigenvalue weighted by Crippen LogP contribution is 2.39. The lowest BCUT2D eigenvalue weighted by molar-refractivity contribution is -0.116. The minimum Gasteiger partial charge on any atom is -0.467 e. The molecule has 1 amide bonds. The normalized spacial score (nSPS) is 17.4. The molecular weight excluding hydrogens is 458 g/mol. The Bertz CT molecular complexity index is 1300. The first kappa shape index (κ1) is 22.9. The topological polar surface area (TPSA) is 75.3 Å². The summed E-state index contributed by atoms with van der Waals surface area (Å²) in [6, 6.07) is 21.4. The Hall–Kier alpha value is -3.91. The van der Waals surface area contributed by atoms with E-state index in [1.54, 1.807) is 12.5 Å². The van der Waals surface area contributed by atoms with Crippen LogP contribution in [0.25, 0.3) is 0 Å². The van der Waals surface area contributed by atoms with Crippen molar-refractivity contribution in [2.24, 2.45) is 0 Å². The predicted molar refractivity (Wildman–Crippen MR) is 139 cm³/mol. The van der Waals surface area contributed by atoms with E-state index in [-0.39, 0.29) is 18.0 Å². The van der Waals surface area contributed by atoms with E-state index in [9.17, 15) is 4.79 Å². The molecule has 2 N–H and O–H groups in total. The number of rotatable bonds is 8. The molecule has 35 heavy (non-hydrogen) atoms. The number of thiocarbonyl (C=S) groups is 1. The van der Waals surface area contributed by atoms with Crippen molar-refractivity contribution >= 4 is 28.9 Å². The molecule has 0 bridgehead atoms. The van der Waals surface area contributed by atoms with Crippen LogP contribution in [0.1, 0.15) is 41.2 Å². The molecule has 1 aliphatic rings. The second-order valence-corrected chi connectivity index (χ2v) is 9.01. The number of hydrogen-bond acceptors (Lipinski definition) is 4. The van der Waals surface area contributed by atoms with Gasteiger partial charge in [-0.05, 0) is 73.2 Å². The predicted octanol–water partition coefficient (Wildman–Crippen LogP) is 4.83. The fourth-order valence-corrected chi connectivity index (χ4v) is 4.88. The number of anilines is 1. The van der Waals surface area contributed by atoms with Gasteiger partial charge in [-0.1, -0.05) is 18.2 Å². The maximum atomic E-state index is 12.8. The third-order valence-electron chi connectivity index (χ3n) is 6.15. The van der Waals surface area contributed by atoms with Crippen molar-refractivity contribution in [3.8, 4) is 0 Å². The minimum absolute atomic E-state index is 0.0515. The summed E-state index contributed by atoms with van der Waals surface area (Å²) < 4.78 is 7.75. The molecule has 1 fully saturated rings. The first-order valence-corrected chi connectivity index (χ1v) is 12.0. The Morgan fingerprint density at radius 3 is 2.83 bits per heavy atom. The molecule has 0 unspecified atom stereocenters. The summed E-state index contributed by atoms with van der Waals surface area (Å²) in [5, 5.41) is 7.06. The molecular formula is C27H27N5O2S. The van der Waals surface area contributed by atoms with Gasteiger partial charge in [0.2, 0.25) is 5.91 Å². The second-order valence-electron chi connectivity index (χ2n) is 8.63. The number of amides is 1. The summed E-state index contributed by atoms with van der Waals surface area (Å²) in [6.07, 6.45) is 5.81. The van der Waals surface area contributed by atoms with Gasteiger partial charge in [-0.3, -0.25) is 9.78 Å². The number of nitrogens with one attached hydrogen (secondary N) is 2. The van der Waals surface area contributed by atoms with E-state index in [0.717, 1.165) is 28.4 Å². The molecule has 2 atom stereocenters. The van der Waals surface area contributed by atoms with E-state index in [2.05, 4.69) is 31.2 Å². The molecule has 5 rings (SSSR count). The quantitative estimate of drug-likeness (QED) is 0.348. The molecule has 178 valence electrons. The zero-order valence-electron chi connectivity index (χ0n) is 19.4. The Labute approximate surface area is 209 Å². The first-order chi connectivity index (χ1) is 17.1. The third-order valence-corrected chi connectivity index (χ3v) is 6.51. The van der Waals surface area contributed by atoms with Crippen LogP contribution in [-0.2, 0) is 11.3 Å². The van der Waals surface area contributed by atoms with Crippen molar-refractivity contribution in [1.29, 1.82) is 0 Å². The number of carbonyl (C=O) groups is 1. The molecule has 0 saturated carbocycles. The van der Waals surface area contributed by atoms with Crippen LogP contribution in [0, 0.1) is 6.92 Å². The fourth-order valence-electron chi connectivity index (χ4n) is 4.55. The number of furan rings is 1. The van der Waals surface area contributed by atoms with Crippen molar-refractivity contribution in [1.82, 2.24) is 19.8 Å². The summed E-state index contributed by atoms with van der Waals surface area (Å²) in [5.41, 5.74) is 3.87. The van der Waals surface area contributed by atoms with E-state index in [1.165, 1.54) is 0 Å². The van der Waals surface area contributed by atoms with Gasteiger partial charge >= 0.3 is 0 Å². The number of pyridine rings is 1. The van der Waals surface area contributed by atoms with Gasteiger partial charge in [0.05, 0.1) is 30.6 Å². The molecule has 7 nitrogen and oxygen atoms in total. The smallest absolute Gasteiger partial charge is 0.226 e. The van der Waals surface area contributed by atoms with Crippen molar-refractivity contribution in [3.05, 3.63) is 108 Å². The van der Waals surface area contributed by atoms with Crippen LogP contribution in [0.3, 0.4) is 0 Å². The van der Waals surface area contributed by atoms with Crippen LogP contribution in [0.15, 0.2) is 89.8 Å². The average Bonchev–Trinajstić information content (AvgIpc) is 3.59. The highest BCUT2D eigenvalue weighted by atomic mass is 32.1. The molecule has 1 aliphatic heterocycles. The van der Waals surface area contributed by atoms with Crippen molar-refractivity contribution < 1.29 is 9.21 Å². The molecule has 0 aliphatic carbocycles.